The first-order valence-electron chi connectivity index (χ1n) is 5.96. The van der Waals surface area contributed by atoms with Crippen molar-refractivity contribution < 1.29 is 9.47 Å². The van der Waals surface area contributed by atoms with Gasteiger partial charge in [-0.1, -0.05) is 6.07 Å². The summed E-state index contributed by atoms with van der Waals surface area (Å²) in [5, 5.41) is 11.0. The Labute approximate surface area is 112 Å². The molecule has 19 heavy (non-hydrogen) atoms. The van der Waals surface area contributed by atoms with Gasteiger partial charge in [-0.15, -0.1) is 0 Å². The monoisotopic (exact) mass is 259 g/mol. The number of benzene rings is 1. The molecule has 100 valence electrons. The lowest BCUT2D eigenvalue weighted by molar-refractivity contribution is 0.378. The van der Waals surface area contributed by atoms with E-state index in [1.165, 1.54) is 0 Å². The average molecular weight is 259 g/mol. The zero-order valence-corrected chi connectivity index (χ0v) is 11.3. The Morgan fingerprint density at radius 1 is 1.05 bits per heavy atom. The molecule has 0 radical (unpaired) electrons. The molecule has 1 unspecified atom stereocenters. The highest BCUT2D eigenvalue weighted by molar-refractivity contribution is 5.50. The molecule has 2 rings (SSSR count). The maximum atomic E-state index is 5.44. The second kappa shape index (κ2) is 6.15. The lowest BCUT2D eigenvalue weighted by atomic mass is 9.98. The molecule has 0 saturated carbocycles. The van der Waals surface area contributed by atoms with Crippen molar-refractivity contribution in [3.63, 3.8) is 0 Å². The number of ether oxygens (including phenoxy) is 2. The van der Waals surface area contributed by atoms with Gasteiger partial charge < -0.3 is 14.8 Å². The highest BCUT2D eigenvalue weighted by Crippen LogP contribution is 2.36. The molecule has 0 bridgehead atoms. The van der Waals surface area contributed by atoms with Gasteiger partial charge in [0.15, 0.2) is 0 Å². The highest BCUT2D eigenvalue weighted by Gasteiger charge is 2.21. The Hall–Kier alpha value is -2.14. The van der Waals surface area contributed by atoms with Crippen molar-refractivity contribution in [2.24, 2.45) is 0 Å². The molecule has 1 aromatic heterocycles. The fourth-order valence-corrected chi connectivity index (χ4v) is 2.11. The van der Waals surface area contributed by atoms with Crippen LogP contribution in [0.25, 0.3) is 0 Å². The van der Waals surface area contributed by atoms with Gasteiger partial charge in [-0.05, 0) is 30.8 Å². The molecule has 1 aromatic carbocycles. The van der Waals surface area contributed by atoms with Crippen LogP contribution in [-0.2, 0) is 0 Å². The van der Waals surface area contributed by atoms with Crippen LogP contribution in [0, 0.1) is 0 Å². The fraction of sp³-hybridized carbons (Fsp3) is 0.286. The molecule has 1 heterocycles. The Morgan fingerprint density at radius 3 is 2.21 bits per heavy atom. The van der Waals surface area contributed by atoms with Crippen LogP contribution in [0.1, 0.15) is 17.2 Å². The molecule has 0 spiro atoms. The topological polar surface area (TPSA) is 56.3 Å². The summed E-state index contributed by atoms with van der Waals surface area (Å²) in [5.41, 5.74) is 1.95. The summed E-state index contributed by atoms with van der Waals surface area (Å²) >= 11 is 0. The number of rotatable bonds is 5. The zero-order valence-electron chi connectivity index (χ0n) is 11.3. The molecule has 0 aliphatic heterocycles. The number of hydrogen-bond acceptors (Lipinski definition) is 5. The first-order valence-corrected chi connectivity index (χ1v) is 5.96. The van der Waals surface area contributed by atoms with Crippen LogP contribution in [0.3, 0.4) is 0 Å². The molecule has 0 amide bonds. The molecule has 0 saturated heterocycles. The van der Waals surface area contributed by atoms with E-state index < -0.39 is 0 Å². The summed E-state index contributed by atoms with van der Waals surface area (Å²) in [7, 11) is 5.18. The van der Waals surface area contributed by atoms with Crippen LogP contribution in [0.15, 0.2) is 36.7 Å². The van der Waals surface area contributed by atoms with Gasteiger partial charge >= 0.3 is 0 Å². The van der Waals surface area contributed by atoms with Gasteiger partial charge in [-0.2, -0.15) is 10.2 Å². The normalized spacial score (nSPS) is 11.9. The second-order valence-electron chi connectivity index (χ2n) is 3.97. The van der Waals surface area contributed by atoms with E-state index in [-0.39, 0.29) is 6.04 Å². The molecule has 1 N–H and O–H groups in total. The standard InChI is InChI=1S/C14H17N3O2/c1-15-14(10-7-8-16-17-9-10)13-11(18-2)5-4-6-12(13)19-3/h4-9,14-15H,1-3H3. The van der Waals surface area contributed by atoms with Gasteiger partial charge in [0.25, 0.3) is 0 Å². The van der Waals surface area contributed by atoms with Gasteiger partial charge in [0.2, 0.25) is 0 Å². The third-order valence-electron chi connectivity index (χ3n) is 2.98. The van der Waals surface area contributed by atoms with E-state index in [1.54, 1.807) is 26.6 Å². The Balaban J connectivity index is 2.54. The van der Waals surface area contributed by atoms with Gasteiger partial charge in [-0.3, -0.25) is 0 Å². The molecule has 0 fully saturated rings. The first kappa shape index (κ1) is 13.3. The smallest absolute Gasteiger partial charge is 0.127 e. The number of hydrogen-bond donors (Lipinski definition) is 1. The SMILES string of the molecule is CNC(c1ccnnc1)c1c(OC)cccc1OC. The quantitative estimate of drug-likeness (QED) is 0.887. The largest absolute Gasteiger partial charge is 0.496 e. The van der Waals surface area contributed by atoms with Gasteiger partial charge in [-0.25, -0.2) is 0 Å². The van der Waals surface area contributed by atoms with E-state index in [9.17, 15) is 0 Å². The van der Waals surface area contributed by atoms with Gasteiger partial charge in [0.05, 0.1) is 32.0 Å². The summed E-state index contributed by atoms with van der Waals surface area (Å²) in [6, 6.07) is 7.58. The first-order chi connectivity index (χ1) is 9.31. The summed E-state index contributed by atoms with van der Waals surface area (Å²) < 4.78 is 10.9. The molecule has 5 heteroatoms. The van der Waals surface area contributed by atoms with E-state index in [2.05, 4.69) is 15.5 Å². The van der Waals surface area contributed by atoms with Crippen molar-refractivity contribution in [2.45, 2.75) is 6.04 Å². The summed E-state index contributed by atoms with van der Waals surface area (Å²) in [5.74, 6) is 1.55. The predicted octanol–water partition coefficient (Wildman–Crippen LogP) is 1.80. The van der Waals surface area contributed by atoms with E-state index in [0.717, 1.165) is 22.6 Å². The van der Waals surface area contributed by atoms with Crippen LogP contribution in [0.4, 0.5) is 0 Å². The zero-order chi connectivity index (χ0) is 13.7. The molecule has 5 nitrogen and oxygen atoms in total. The molecular weight excluding hydrogens is 242 g/mol. The number of methoxy groups -OCH3 is 2. The molecule has 0 aliphatic rings. The fourth-order valence-electron chi connectivity index (χ4n) is 2.11. The van der Waals surface area contributed by atoms with Gasteiger partial charge in [0.1, 0.15) is 11.5 Å². The van der Waals surface area contributed by atoms with Crippen LogP contribution in [0.5, 0.6) is 11.5 Å². The summed E-state index contributed by atoms with van der Waals surface area (Å²) in [6.07, 6.45) is 3.40. The minimum atomic E-state index is -0.0680. The van der Waals surface area contributed by atoms with E-state index >= 15 is 0 Å². The van der Waals surface area contributed by atoms with Crippen molar-refractivity contribution in [3.8, 4) is 11.5 Å². The summed E-state index contributed by atoms with van der Waals surface area (Å²) in [6.45, 7) is 0. The third kappa shape index (κ3) is 2.66. The summed E-state index contributed by atoms with van der Waals surface area (Å²) in [4.78, 5) is 0. The lowest BCUT2D eigenvalue weighted by Crippen LogP contribution is -2.19. The van der Waals surface area contributed by atoms with Crippen LogP contribution in [0.2, 0.25) is 0 Å². The Kier molecular flexibility index (Phi) is 4.30. The van der Waals surface area contributed by atoms with E-state index in [0.29, 0.717) is 0 Å². The van der Waals surface area contributed by atoms with Crippen LogP contribution >= 0.6 is 0 Å². The minimum Gasteiger partial charge on any atom is -0.496 e. The van der Waals surface area contributed by atoms with Crippen LogP contribution < -0.4 is 14.8 Å². The lowest BCUT2D eigenvalue weighted by Gasteiger charge is -2.21. The number of nitrogens with one attached hydrogen (secondary N) is 1. The Bertz CT molecular complexity index is 509. The molecule has 0 aliphatic carbocycles. The average Bonchev–Trinajstić information content (AvgIpc) is 2.49. The maximum absolute atomic E-state index is 5.44. The van der Waals surface area contributed by atoms with Crippen LogP contribution in [-0.4, -0.2) is 31.5 Å². The molecular formula is C14H17N3O2. The van der Waals surface area contributed by atoms with Crippen molar-refractivity contribution in [3.05, 3.63) is 47.8 Å². The predicted molar refractivity (Wildman–Crippen MR) is 72.5 cm³/mol. The molecule has 2 aromatic rings. The van der Waals surface area contributed by atoms with Crippen molar-refractivity contribution in [1.82, 2.24) is 15.5 Å². The third-order valence-corrected chi connectivity index (χ3v) is 2.98. The highest BCUT2D eigenvalue weighted by atomic mass is 16.5. The van der Waals surface area contributed by atoms with Crippen molar-refractivity contribution >= 4 is 0 Å². The molecule has 1 atom stereocenters. The number of nitrogens with zero attached hydrogens (tertiary/aromatic N) is 2. The van der Waals surface area contributed by atoms with Crippen molar-refractivity contribution in [2.75, 3.05) is 21.3 Å². The maximum Gasteiger partial charge on any atom is 0.127 e. The van der Waals surface area contributed by atoms with Crippen molar-refractivity contribution in [1.29, 1.82) is 0 Å². The van der Waals surface area contributed by atoms with E-state index in [1.807, 2.05) is 31.3 Å². The minimum absolute atomic E-state index is 0.0680. The number of aromatic nitrogens is 2. The van der Waals surface area contributed by atoms with Gasteiger partial charge in [0, 0.05) is 6.20 Å². The van der Waals surface area contributed by atoms with E-state index in [4.69, 9.17) is 9.47 Å². The Morgan fingerprint density at radius 2 is 1.74 bits per heavy atom. The second-order valence-corrected chi connectivity index (χ2v) is 3.97.